The van der Waals surface area contributed by atoms with E-state index in [9.17, 15) is 4.79 Å². The minimum absolute atomic E-state index is 0.0171. The minimum Gasteiger partial charge on any atom is -0.325 e. The third-order valence-corrected chi connectivity index (χ3v) is 3.90. The van der Waals surface area contributed by atoms with Gasteiger partial charge in [-0.05, 0) is 44.0 Å². The van der Waals surface area contributed by atoms with Crippen LogP contribution in [0.15, 0.2) is 18.2 Å². The van der Waals surface area contributed by atoms with Crippen molar-refractivity contribution >= 4 is 34.8 Å². The van der Waals surface area contributed by atoms with Crippen molar-refractivity contribution in [2.24, 2.45) is 0 Å². The maximum atomic E-state index is 11.9. The van der Waals surface area contributed by atoms with Crippen LogP contribution in [-0.4, -0.2) is 18.5 Å². The first-order valence-corrected chi connectivity index (χ1v) is 7.39. The first kappa shape index (κ1) is 14.6. The summed E-state index contributed by atoms with van der Waals surface area (Å²) in [7, 11) is 0. The number of piperidine rings is 1. The Morgan fingerprint density at radius 1 is 1.37 bits per heavy atom. The van der Waals surface area contributed by atoms with Gasteiger partial charge in [-0.15, -0.1) is 0 Å². The first-order chi connectivity index (χ1) is 9.15. The zero-order chi connectivity index (χ0) is 13.7. The number of halogens is 2. The molecule has 2 N–H and O–H groups in total. The van der Waals surface area contributed by atoms with Crippen molar-refractivity contribution in [2.75, 3.05) is 11.9 Å². The van der Waals surface area contributed by atoms with Crippen LogP contribution in [0.2, 0.25) is 10.0 Å². The molecule has 1 heterocycles. The van der Waals surface area contributed by atoms with E-state index < -0.39 is 0 Å². The Morgan fingerprint density at radius 2 is 2.21 bits per heavy atom. The highest BCUT2D eigenvalue weighted by atomic mass is 35.5. The second-order valence-corrected chi connectivity index (χ2v) is 5.70. The standard InChI is InChI=1S/C14H18Cl2N2O/c15-10-4-6-12(16)13(9-10)18-14(19)7-5-11-3-1-2-8-17-11/h4,6,9,11,17H,1-3,5,7-8H2,(H,18,19). The Hall–Kier alpha value is -0.770. The average Bonchev–Trinajstić information content (AvgIpc) is 2.42. The van der Waals surface area contributed by atoms with Gasteiger partial charge in [-0.2, -0.15) is 0 Å². The maximum Gasteiger partial charge on any atom is 0.224 e. The van der Waals surface area contributed by atoms with Crippen molar-refractivity contribution < 1.29 is 4.79 Å². The molecule has 0 bridgehead atoms. The molecule has 3 nitrogen and oxygen atoms in total. The van der Waals surface area contributed by atoms with E-state index in [0.717, 1.165) is 19.4 Å². The van der Waals surface area contributed by atoms with Gasteiger partial charge in [-0.25, -0.2) is 0 Å². The quantitative estimate of drug-likeness (QED) is 0.886. The van der Waals surface area contributed by atoms with Crippen molar-refractivity contribution in [1.82, 2.24) is 5.32 Å². The zero-order valence-corrected chi connectivity index (χ0v) is 12.2. The summed E-state index contributed by atoms with van der Waals surface area (Å²) >= 11 is 11.9. The topological polar surface area (TPSA) is 41.1 Å². The third kappa shape index (κ3) is 4.68. The van der Waals surface area contributed by atoms with E-state index >= 15 is 0 Å². The Morgan fingerprint density at radius 3 is 2.95 bits per heavy atom. The van der Waals surface area contributed by atoms with E-state index in [0.29, 0.717) is 28.2 Å². The molecule has 104 valence electrons. The molecule has 0 aromatic heterocycles. The molecule has 1 aromatic rings. The summed E-state index contributed by atoms with van der Waals surface area (Å²) in [5.74, 6) is -0.0171. The van der Waals surface area contributed by atoms with Gasteiger partial charge in [0.25, 0.3) is 0 Å². The van der Waals surface area contributed by atoms with Crippen molar-refractivity contribution in [3.63, 3.8) is 0 Å². The molecule has 1 aliphatic rings. The molecule has 0 saturated carbocycles. The largest absolute Gasteiger partial charge is 0.325 e. The van der Waals surface area contributed by atoms with Crippen molar-refractivity contribution in [1.29, 1.82) is 0 Å². The van der Waals surface area contributed by atoms with Gasteiger partial charge in [-0.1, -0.05) is 29.6 Å². The summed E-state index contributed by atoms with van der Waals surface area (Å²) in [4.78, 5) is 11.9. The highest BCUT2D eigenvalue weighted by Crippen LogP contribution is 2.25. The van der Waals surface area contributed by atoms with Gasteiger partial charge in [-0.3, -0.25) is 4.79 Å². The third-order valence-electron chi connectivity index (χ3n) is 3.33. The lowest BCUT2D eigenvalue weighted by Gasteiger charge is -2.23. The van der Waals surface area contributed by atoms with Crippen LogP contribution in [0.3, 0.4) is 0 Å². The maximum absolute atomic E-state index is 11.9. The fraction of sp³-hybridized carbons (Fsp3) is 0.500. The smallest absolute Gasteiger partial charge is 0.224 e. The van der Waals surface area contributed by atoms with Crippen molar-refractivity contribution in [3.8, 4) is 0 Å². The molecular weight excluding hydrogens is 283 g/mol. The fourth-order valence-corrected chi connectivity index (χ4v) is 2.62. The minimum atomic E-state index is -0.0171. The number of hydrogen-bond acceptors (Lipinski definition) is 2. The van der Waals surface area contributed by atoms with Crippen LogP contribution in [0.25, 0.3) is 0 Å². The van der Waals surface area contributed by atoms with Crippen LogP contribution in [0, 0.1) is 0 Å². The van der Waals surface area contributed by atoms with Crippen LogP contribution in [0.4, 0.5) is 5.69 Å². The molecule has 1 aliphatic heterocycles. The van der Waals surface area contributed by atoms with Crippen LogP contribution in [0.5, 0.6) is 0 Å². The van der Waals surface area contributed by atoms with Gasteiger partial charge >= 0.3 is 0 Å². The molecule has 0 radical (unpaired) electrons. The van der Waals surface area contributed by atoms with Gasteiger partial charge < -0.3 is 10.6 Å². The molecule has 0 aliphatic carbocycles. The number of rotatable bonds is 4. The van der Waals surface area contributed by atoms with Gasteiger partial charge in [0.05, 0.1) is 10.7 Å². The van der Waals surface area contributed by atoms with E-state index in [1.165, 1.54) is 12.8 Å². The lowest BCUT2D eigenvalue weighted by Crippen LogP contribution is -2.34. The highest BCUT2D eigenvalue weighted by Gasteiger charge is 2.14. The number of nitrogens with one attached hydrogen (secondary N) is 2. The number of carbonyl (C=O) groups is 1. The van der Waals surface area contributed by atoms with Crippen molar-refractivity contribution in [3.05, 3.63) is 28.2 Å². The van der Waals surface area contributed by atoms with Gasteiger partial charge in [0.15, 0.2) is 0 Å². The number of carbonyl (C=O) groups excluding carboxylic acids is 1. The molecule has 5 heteroatoms. The molecule has 1 unspecified atom stereocenters. The SMILES string of the molecule is O=C(CCC1CCCCN1)Nc1cc(Cl)ccc1Cl. The molecule has 1 aromatic carbocycles. The normalized spacial score (nSPS) is 19.2. The molecule has 0 spiro atoms. The van der Waals surface area contributed by atoms with Crippen molar-refractivity contribution in [2.45, 2.75) is 38.1 Å². The highest BCUT2D eigenvalue weighted by molar-refractivity contribution is 6.35. The van der Waals surface area contributed by atoms with Crippen LogP contribution >= 0.6 is 23.2 Å². The van der Waals surface area contributed by atoms with Crippen LogP contribution in [0.1, 0.15) is 32.1 Å². The lowest BCUT2D eigenvalue weighted by molar-refractivity contribution is -0.116. The van der Waals surface area contributed by atoms with E-state index in [4.69, 9.17) is 23.2 Å². The average molecular weight is 301 g/mol. The number of benzene rings is 1. The van der Waals surface area contributed by atoms with E-state index in [2.05, 4.69) is 10.6 Å². The van der Waals surface area contributed by atoms with E-state index in [1.54, 1.807) is 18.2 Å². The number of anilines is 1. The molecule has 1 amide bonds. The summed E-state index contributed by atoms with van der Waals surface area (Å²) in [5, 5.41) is 7.31. The first-order valence-electron chi connectivity index (χ1n) is 6.63. The Kier molecular flexibility index (Phi) is 5.49. The van der Waals surface area contributed by atoms with Gasteiger partial charge in [0.1, 0.15) is 0 Å². The zero-order valence-electron chi connectivity index (χ0n) is 10.7. The fourth-order valence-electron chi connectivity index (χ4n) is 2.28. The molecule has 19 heavy (non-hydrogen) atoms. The summed E-state index contributed by atoms with van der Waals surface area (Å²) < 4.78 is 0. The number of amides is 1. The van der Waals surface area contributed by atoms with Gasteiger partial charge in [0, 0.05) is 17.5 Å². The van der Waals surface area contributed by atoms with Crippen LogP contribution < -0.4 is 10.6 Å². The summed E-state index contributed by atoms with van der Waals surface area (Å²) in [6, 6.07) is 5.52. The molecule has 1 fully saturated rings. The molecule has 1 atom stereocenters. The summed E-state index contributed by atoms with van der Waals surface area (Å²) in [6.45, 7) is 1.06. The molecular formula is C14H18Cl2N2O. The predicted molar refractivity (Wildman–Crippen MR) is 80.0 cm³/mol. The Balaban J connectivity index is 1.81. The Bertz CT molecular complexity index is 445. The van der Waals surface area contributed by atoms with E-state index in [1.807, 2.05) is 0 Å². The molecule has 2 rings (SSSR count). The predicted octanol–water partition coefficient (Wildman–Crippen LogP) is 3.85. The second-order valence-electron chi connectivity index (χ2n) is 4.86. The summed E-state index contributed by atoms with van der Waals surface area (Å²) in [6.07, 6.45) is 5.01. The molecule has 1 saturated heterocycles. The monoisotopic (exact) mass is 300 g/mol. The summed E-state index contributed by atoms with van der Waals surface area (Å²) in [5.41, 5.74) is 0.579. The van der Waals surface area contributed by atoms with Gasteiger partial charge in [0.2, 0.25) is 5.91 Å². The second kappa shape index (κ2) is 7.13. The number of hydrogen-bond donors (Lipinski definition) is 2. The van der Waals surface area contributed by atoms with Crippen LogP contribution in [-0.2, 0) is 4.79 Å². The Labute approximate surface area is 123 Å². The van der Waals surface area contributed by atoms with E-state index in [-0.39, 0.29) is 5.91 Å². The lowest BCUT2D eigenvalue weighted by atomic mass is 10.0.